The molecule has 4 aliphatic rings. The van der Waals surface area contributed by atoms with Crippen molar-refractivity contribution >= 4 is 0 Å². The van der Waals surface area contributed by atoms with Crippen molar-refractivity contribution in [3.8, 4) is 0 Å². The molecule has 5 unspecified atom stereocenters. The Morgan fingerprint density at radius 1 is 1.21 bits per heavy atom. The number of hydrogen-bond acceptors (Lipinski definition) is 0. The summed E-state index contributed by atoms with van der Waals surface area (Å²) in [5, 5.41) is 0. The molecule has 0 aromatic rings. The van der Waals surface area contributed by atoms with Crippen LogP contribution in [-0.4, -0.2) is 0 Å². The van der Waals surface area contributed by atoms with Crippen molar-refractivity contribution in [2.24, 2.45) is 34.5 Å². The van der Waals surface area contributed by atoms with Crippen molar-refractivity contribution in [3.63, 3.8) is 0 Å². The van der Waals surface area contributed by atoms with Crippen LogP contribution in [0.25, 0.3) is 0 Å². The van der Waals surface area contributed by atoms with E-state index in [0.717, 1.165) is 17.8 Å². The van der Waals surface area contributed by atoms with Gasteiger partial charge in [0.2, 0.25) is 0 Å². The average molecular weight is 377 g/mol. The predicted molar refractivity (Wildman–Crippen MR) is 122 cm³/mol. The van der Waals surface area contributed by atoms with Gasteiger partial charge in [0.25, 0.3) is 0 Å². The maximum atomic E-state index is 4.07. The molecule has 0 radical (unpaired) electrons. The summed E-state index contributed by atoms with van der Waals surface area (Å²) in [5.41, 5.74) is 7.40. The van der Waals surface area contributed by atoms with Crippen molar-refractivity contribution < 1.29 is 0 Å². The Balaban J connectivity index is 1.84. The molecule has 6 atom stereocenters. The van der Waals surface area contributed by atoms with Gasteiger partial charge in [-0.15, -0.1) is 0 Å². The average Bonchev–Trinajstić information content (AvgIpc) is 3.21. The molecule has 0 saturated heterocycles. The van der Waals surface area contributed by atoms with Gasteiger partial charge in [0, 0.05) is 5.41 Å². The molecule has 0 aromatic heterocycles. The molecule has 0 N–H and O–H groups in total. The third-order valence-electron chi connectivity index (χ3n) is 9.27. The fraction of sp³-hybridized carbons (Fsp3) is 0.643. The highest BCUT2D eigenvalue weighted by molar-refractivity contribution is 5.44. The Labute approximate surface area is 173 Å². The van der Waals surface area contributed by atoms with Crippen molar-refractivity contribution in [2.45, 2.75) is 79.6 Å². The van der Waals surface area contributed by atoms with E-state index in [1.54, 1.807) is 16.7 Å². The van der Waals surface area contributed by atoms with Crippen LogP contribution in [-0.2, 0) is 0 Å². The third-order valence-corrected chi connectivity index (χ3v) is 9.27. The summed E-state index contributed by atoms with van der Waals surface area (Å²) < 4.78 is 0. The van der Waals surface area contributed by atoms with Crippen molar-refractivity contribution in [1.82, 2.24) is 0 Å². The minimum Gasteiger partial charge on any atom is -0.0991 e. The Hall–Kier alpha value is -1.30. The van der Waals surface area contributed by atoms with Crippen LogP contribution in [0.4, 0.5) is 0 Å². The maximum absolute atomic E-state index is 4.07. The highest BCUT2D eigenvalue weighted by atomic mass is 14.6. The van der Waals surface area contributed by atoms with Gasteiger partial charge < -0.3 is 0 Å². The Morgan fingerprint density at radius 2 is 2.00 bits per heavy atom. The lowest BCUT2D eigenvalue weighted by atomic mass is 9.48. The minimum absolute atomic E-state index is 0.235. The first-order chi connectivity index (χ1) is 13.3. The molecule has 4 rings (SSSR count). The quantitative estimate of drug-likeness (QED) is 0.434. The zero-order valence-corrected chi connectivity index (χ0v) is 18.9. The van der Waals surface area contributed by atoms with Crippen LogP contribution < -0.4 is 0 Å². The molecule has 0 aromatic carbocycles. The molecule has 0 nitrogen and oxygen atoms in total. The molecule has 4 aliphatic carbocycles. The van der Waals surface area contributed by atoms with E-state index in [9.17, 15) is 0 Å². The molecule has 2 saturated carbocycles. The number of allylic oxidation sites excluding steroid dienone is 9. The molecule has 0 aliphatic heterocycles. The van der Waals surface area contributed by atoms with E-state index in [1.165, 1.54) is 50.5 Å². The van der Waals surface area contributed by atoms with E-state index < -0.39 is 0 Å². The number of hydrogen-bond donors (Lipinski definition) is 0. The number of fused-ring (bicyclic) bond motifs is 3. The lowest BCUT2D eigenvalue weighted by molar-refractivity contribution is 0.0703. The zero-order valence-electron chi connectivity index (χ0n) is 18.9. The lowest BCUT2D eigenvalue weighted by Gasteiger charge is -2.56. The van der Waals surface area contributed by atoms with Crippen LogP contribution >= 0.6 is 0 Å². The standard InChI is InChI=1S/C28H40/c1-7-9-22-18-23(21-12-10-19(3)17-21)26-24-13-11-20(4)27(24,5)16-14-25(26)28(22,6)15-8-2/h7,9-10,12,14,20,23-24,26H,1,8,11,13,15-18H2,2-6H3/b22-9-/t20?,23-,24?,26?,27?,28?/m0/s1. The highest BCUT2D eigenvalue weighted by Gasteiger charge is 2.57. The highest BCUT2D eigenvalue weighted by Crippen LogP contribution is 2.66. The van der Waals surface area contributed by atoms with E-state index >= 15 is 0 Å². The first-order valence-corrected chi connectivity index (χ1v) is 11.7. The van der Waals surface area contributed by atoms with Crippen molar-refractivity contribution in [1.29, 1.82) is 0 Å². The molecule has 0 spiro atoms. The van der Waals surface area contributed by atoms with Crippen LogP contribution in [0.3, 0.4) is 0 Å². The lowest BCUT2D eigenvalue weighted by Crippen LogP contribution is -2.47. The van der Waals surface area contributed by atoms with Gasteiger partial charge in [-0.2, -0.15) is 0 Å². The summed E-state index contributed by atoms with van der Waals surface area (Å²) in [6.45, 7) is 16.4. The van der Waals surface area contributed by atoms with Gasteiger partial charge in [-0.3, -0.25) is 0 Å². The summed E-state index contributed by atoms with van der Waals surface area (Å²) in [7, 11) is 0. The second-order valence-corrected chi connectivity index (χ2v) is 10.7. The Morgan fingerprint density at radius 3 is 2.64 bits per heavy atom. The first kappa shape index (κ1) is 20.0. The minimum atomic E-state index is 0.235. The van der Waals surface area contributed by atoms with E-state index in [4.69, 9.17) is 0 Å². The Bertz CT molecular complexity index is 772. The normalized spacial score (nSPS) is 43.9. The molecule has 0 amide bonds. The van der Waals surface area contributed by atoms with Gasteiger partial charge in [0.15, 0.2) is 0 Å². The molecule has 2 fully saturated rings. The van der Waals surface area contributed by atoms with E-state index in [-0.39, 0.29) is 5.41 Å². The molecular weight excluding hydrogens is 336 g/mol. The topological polar surface area (TPSA) is 0 Å². The third kappa shape index (κ3) is 2.86. The summed E-state index contributed by atoms with van der Waals surface area (Å²) in [4.78, 5) is 0. The molecular formula is C28H40. The summed E-state index contributed by atoms with van der Waals surface area (Å²) in [5.74, 6) is 3.14. The first-order valence-electron chi connectivity index (χ1n) is 11.7. The van der Waals surface area contributed by atoms with Gasteiger partial charge in [-0.1, -0.05) is 93.4 Å². The van der Waals surface area contributed by atoms with E-state index in [2.05, 4.69) is 65.5 Å². The summed E-state index contributed by atoms with van der Waals surface area (Å²) in [6.07, 6.45) is 21.0. The van der Waals surface area contributed by atoms with Gasteiger partial charge >= 0.3 is 0 Å². The van der Waals surface area contributed by atoms with Crippen LogP contribution in [0.1, 0.15) is 79.6 Å². The van der Waals surface area contributed by atoms with Crippen LogP contribution in [0.15, 0.2) is 59.3 Å². The second kappa shape index (κ2) is 7.19. The fourth-order valence-corrected chi connectivity index (χ4v) is 7.45. The summed E-state index contributed by atoms with van der Waals surface area (Å²) in [6, 6.07) is 0. The SMILES string of the molecule is C=C/C=C1/C[C@@H](C2=CC=C(C)C2)C2C(=CCC3(C)C(C)CCC23)C1(C)CCC. The van der Waals surface area contributed by atoms with Crippen molar-refractivity contribution in [2.75, 3.05) is 0 Å². The van der Waals surface area contributed by atoms with Gasteiger partial charge in [-0.25, -0.2) is 0 Å². The predicted octanol–water partition coefficient (Wildman–Crippen LogP) is 8.20. The summed E-state index contributed by atoms with van der Waals surface area (Å²) >= 11 is 0. The molecule has 0 heteroatoms. The van der Waals surface area contributed by atoms with Crippen LogP contribution in [0, 0.1) is 34.5 Å². The molecule has 152 valence electrons. The van der Waals surface area contributed by atoms with E-state index in [0.29, 0.717) is 11.3 Å². The monoisotopic (exact) mass is 376 g/mol. The largest absolute Gasteiger partial charge is 0.0991 e. The van der Waals surface area contributed by atoms with Crippen molar-refractivity contribution in [3.05, 3.63) is 59.3 Å². The smallest absolute Gasteiger partial charge is 0.00985 e. The number of rotatable bonds is 4. The Kier molecular flexibility index (Phi) is 5.13. The van der Waals surface area contributed by atoms with Crippen LogP contribution in [0.5, 0.6) is 0 Å². The second-order valence-electron chi connectivity index (χ2n) is 10.7. The van der Waals surface area contributed by atoms with Gasteiger partial charge in [-0.05, 0) is 74.5 Å². The molecule has 28 heavy (non-hydrogen) atoms. The maximum Gasteiger partial charge on any atom is 0.00985 e. The van der Waals surface area contributed by atoms with Gasteiger partial charge in [0.05, 0.1) is 0 Å². The molecule has 0 heterocycles. The van der Waals surface area contributed by atoms with E-state index in [1.807, 2.05) is 6.08 Å². The molecule has 0 bridgehead atoms. The van der Waals surface area contributed by atoms with Crippen LogP contribution in [0.2, 0.25) is 0 Å². The van der Waals surface area contributed by atoms with Gasteiger partial charge in [0.1, 0.15) is 0 Å². The zero-order chi connectivity index (χ0) is 20.1. The fourth-order valence-electron chi connectivity index (χ4n) is 7.45.